The van der Waals surface area contributed by atoms with E-state index >= 15 is 0 Å². The van der Waals surface area contributed by atoms with Crippen LogP contribution in [0.4, 0.5) is 0 Å². The van der Waals surface area contributed by atoms with Crippen LogP contribution in [0, 0.1) is 0 Å². The van der Waals surface area contributed by atoms with E-state index in [1.165, 1.54) is 4.88 Å². The first-order valence-electron chi connectivity index (χ1n) is 8.29. The van der Waals surface area contributed by atoms with Gasteiger partial charge in [0.05, 0.1) is 16.4 Å². The number of furan rings is 1. The van der Waals surface area contributed by atoms with Gasteiger partial charge in [-0.05, 0) is 47.3 Å². The maximum absolute atomic E-state index is 13.0. The quantitative estimate of drug-likeness (QED) is 0.703. The molecule has 1 saturated heterocycles. The monoisotopic (exact) mass is 371 g/mol. The summed E-state index contributed by atoms with van der Waals surface area (Å²) >= 11 is 1.72. The Labute approximate surface area is 150 Å². The molecule has 3 aromatic rings. The number of hydrogen-bond acceptors (Lipinski definition) is 5. The molecule has 4 heterocycles. The number of likely N-dealkylation sites (tertiary alicyclic amines) is 1. The summed E-state index contributed by atoms with van der Waals surface area (Å²) in [5.74, 6) is 0.826. The van der Waals surface area contributed by atoms with Crippen molar-refractivity contribution in [1.82, 2.24) is 4.90 Å². The molecule has 0 aliphatic carbocycles. The number of hydrogen-bond donors (Lipinski definition) is 0. The summed E-state index contributed by atoms with van der Waals surface area (Å²) in [6, 6.07) is 13.5. The zero-order chi connectivity index (χ0) is 17.0. The smallest absolute Gasteiger partial charge is 0.183 e. The van der Waals surface area contributed by atoms with Crippen molar-refractivity contribution in [3.05, 3.63) is 64.5 Å². The molecule has 0 radical (unpaired) electrons. The first-order valence-corrected chi connectivity index (χ1v) is 10.7. The van der Waals surface area contributed by atoms with Gasteiger partial charge in [0, 0.05) is 36.0 Å². The number of rotatable bonds is 3. The highest BCUT2D eigenvalue weighted by Gasteiger charge is 2.50. The summed E-state index contributed by atoms with van der Waals surface area (Å²) in [5.41, 5.74) is 1.89. The van der Waals surface area contributed by atoms with E-state index in [1.54, 1.807) is 23.7 Å². The number of thiophene rings is 1. The molecule has 6 heteroatoms. The second kappa shape index (κ2) is 5.56. The van der Waals surface area contributed by atoms with Crippen molar-refractivity contribution in [1.29, 1.82) is 0 Å². The zero-order valence-corrected chi connectivity index (χ0v) is 15.1. The molecule has 4 nitrogen and oxygen atoms in total. The van der Waals surface area contributed by atoms with Gasteiger partial charge in [-0.25, -0.2) is 8.42 Å². The number of sulfone groups is 1. The minimum Gasteiger partial charge on any atom is -0.464 e. The molecule has 2 atom stereocenters. The third-order valence-corrected chi connectivity index (χ3v) is 8.34. The highest BCUT2D eigenvalue weighted by molar-refractivity contribution is 7.92. The van der Waals surface area contributed by atoms with E-state index in [4.69, 9.17) is 4.42 Å². The van der Waals surface area contributed by atoms with Crippen LogP contribution in [-0.4, -0.2) is 31.7 Å². The van der Waals surface area contributed by atoms with Crippen molar-refractivity contribution >= 4 is 21.2 Å². The second-order valence-electron chi connectivity index (χ2n) is 6.69. The molecule has 2 aromatic heterocycles. The van der Waals surface area contributed by atoms with E-state index in [0.717, 1.165) is 30.0 Å². The number of fused-ring (bicyclic) bond motifs is 3. The van der Waals surface area contributed by atoms with Crippen LogP contribution in [0.3, 0.4) is 0 Å². The van der Waals surface area contributed by atoms with E-state index in [0.29, 0.717) is 11.4 Å². The van der Waals surface area contributed by atoms with E-state index in [-0.39, 0.29) is 11.2 Å². The Morgan fingerprint density at radius 3 is 2.84 bits per heavy atom. The summed E-state index contributed by atoms with van der Waals surface area (Å²) in [5, 5.41) is 1.74. The Kier molecular flexibility index (Phi) is 3.42. The summed E-state index contributed by atoms with van der Waals surface area (Å²) in [6.45, 7) is 2.22. The van der Waals surface area contributed by atoms with Gasteiger partial charge in [-0.1, -0.05) is 6.07 Å². The van der Waals surface area contributed by atoms with Crippen LogP contribution in [0.1, 0.15) is 16.4 Å². The minimum absolute atomic E-state index is 0.0508. The molecule has 0 spiro atoms. The van der Waals surface area contributed by atoms with E-state index < -0.39 is 9.84 Å². The fourth-order valence-corrected chi connectivity index (χ4v) is 7.01. The summed E-state index contributed by atoms with van der Waals surface area (Å²) in [6.07, 6.45) is 1.64. The van der Waals surface area contributed by atoms with E-state index in [9.17, 15) is 8.42 Å². The lowest BCUT2D eigenvalue weighted by Crippen LogP contribution is -2.25. The SMILES string of the molecule is O=S1(=O)c2ccc(-c3ccco3)cc2[C@@H]2CN(Cc3cccs3)C[C@H]21. The fraction of sp³-hybridized carbons (Fsp3) is 0.263. The van der Waals surface area contributed by atoms with Crippen LogP contribution >= 0.6 is 11.3 Å². The lowest BCUT2D eigenvalue weighted by molar-refractivity contribution is 0.328. The van der Waals surface area contributed by atoms with Crippen molar-refractivity contribution in [3.8, 4) is 11.3 Å². The predicted molar refractivity (Wildman–Crippen MR) is 97.5 cm³/mol. The average molecular weight is 371 g/mol. The molecule has 1 fully saturated rings. The summed E-state index contributed by atoms with van der Waals surface area (Å²) < 4.78 is 31.4. The molecule has 5 rings (SSSR count). The van der Waals surface area contributed by atoms with Gasteiger partial charge in [-0.3, -0.25) is 4.90 Å². The van der Waals surface area contributed by atoms with Gasteiger partial charge in [0.2, 0.25) is 0 Å². The maximum atomic E-state index is 13.0. The molecular weight excluding hydrogens is 354 g/mol. The molecule has 0 unspecified atom stereocenters. The van der Waals surface area contributed by atoms with Gasteiger partial charge in [0.15, 0.2) is 9.84 Å². The van der Waals surface area contributed by atoms with Crippen molar-refractivity contribution in [2.24, 2.45) is 0 Å². The molecule has 2 aliphatic rings. The first-order chi connectivity index (χ1) is 12.1. The molecule has 0 amide bonds. The Morgan fingerprint density at radius 1 is 1.16 bits per heavy atom. The van der Waals surface area contributed by atoms with Crippen LogP contribution in [0.25, 0.3) is 11.3 Å². The first kappa shape index (κ1) is 15.4. The Bertz CT molecular complexity index is 1010. The molecular formula is C19H17NO3S2. The lowest BCUT2D eigenvalue weighted by atomic mass is 9.96. The molecule has 25 heavy (non-hydrogen) atoms. The number of benzene rings is 1. The van der Waals surface area contributed by atoms with Crippen LogP contribution < -0.4 is 0 Å². The highest BCUT2D eigenvalue weighted by Crippen LogP contribution is 2.46. The second-order valence-corrected chi connectivity index (χ2v) is 9.86. The molecule has 0 bridgehead atoms. The predicted octanol–water partition coefficient (Wildman–Crippen LogP) is 3.76. The zero-order valence-electron chi connectivity index (χ0n) is 13.5. The van der Waals surface area contributed by atoms with Crippen molar-refractivity contribution in [2.45, 2.75) is 22.6 Å². The standard InChI is InChI=1S/C19H17NO3S2/c21-25(22)18-6-5-13(17-4-1-7-23-17)9-15(18)16-11-20(12-19(16)25)10-14-3-2-8-24-14/h1-9,16,19H,10-12H2/t16-,19+/m0/s1. The Morgan fingerprint density at radius 2 is 2.08 bits per heavy atom. The summed E-state index contributed by atoms with van der Waals surface area (Å²) in [7, 11) is -3.25. The van der Waals surface area contributed by atoms with Gasteiger partial charge < -0.3 is 4.42 Å². The van der Waals surface area contributed by atoms with Crippen LogP contribution in [-0.2, 0) is 16.4 Å². The lowest BCUT2D eigenvalue weighted by Gasteiger charge is -2.16. The maximum Gasteiger partial charge on any atom is 0.183 e. The van der Waals surface area contributed by atoms with Gasteiger partial charge >= 0.3 is 0 Å². The van der Waals surface area contributed by atoms with Gasteiger partial charge in [-0.2, -0.15) is 0 Å². The van der Waals surface area contributed by atoms with E-state index in [1.807, 2.05) is 30.3 Å². The third kappa shape index (κ3) is 2.39. The Balaban J connectivity index is 1.51. The molecule has 128 valence electrons. The van der Waals surface area contributed by atoms with Gasteiger partial charge in [0.1, 0.15) is 5.76 Å². The third-order valence-electron chi connectivity index (χ3n) is 5.22. The topological polar surface area (TPSA) is 50.5 Å². The van der Waals surface area contributed by atoms with Crippen LogP contribution in [0.5, 0.6) is 0 Å². The molecule has 1 aromatic carbocycles. The highest BCUT2D eigenvalue weighted by atomic mass is 32.2. The number of nitrogens with zero attached hydrogens (tertiary/aromatic N) is 1. The van der Waals surface area contributed by atoms with Gasteiger partial charge in [-0.15, -0.1) is 11.3 Å². The Hall–Kier alpha value is -1.89. The molecule has 0 saturated carbocycles. The van der Waals surface area contributed by atoms with Crippen LogP contribution in [0.15, 0.2) is 63.4 Å². The van der Waals surface area contributed by atoms with Crippen LogP contribution in [0.2, 0.25) is 0 Å². The normalized spacial score (nSPS) is 24.3. The fourth-order valence-electron chi connectivity index (χ4n) is 4.07. The van der Waals surface area contributed by atoms with Gasteiger partial charge in [0.25, 0.3) is 0 Å². The van der Waals surface area contributed by atoms with Crippen molar-refractivity contribution < 1.29 is 12.8 Å². The summed E-state index contributed by atoms with van der Waals surface area (Å²) in [4.78, 5) is 4.05. The van der Waals surface area contributed by atoms with E-state index in [2.05, 4.69) is 16.3 Å². The molecule has 0 N–H and O–H groups in total. The molecule has 2 aliphatic heterocycles. The average Bonchev–Trinajstić information content (AvgIpc) is 3.37. The minimum atomic E-state index is -3.25. The van der Waals surface area contributed by atoms with Crippen molar-refractivity contribution in [2.75, 3.05) is 13.1 Å². The largest absolute Gasteiger partial charge is 0.464 e. The van der Waals surface area contributed by atoms with Crippen molar-refractivity contribution in [3.63, 3.8) is 0 Å².